The van der Waals surface area contributed by atoms with E-state index in [1.54, 1.807) is 0 Å². The summed E-state index contributed by atoms with van der Waals surface area (Å²) in [7, 11) is 0.151. The number of hydrogen-bond donors (Lipinski definition) is 1. The molecule has 17 heavy (non-hydrogen) atoms. The van der Waals surface area contributed by atoms with Crippen LogP contribution in [0.25, 0.3) is 10.9 Å². The maximum absolute atomic E-state index is 8.82. The summed E-state index contributed by atoms with van der Waals surface area (Å²) in [6, 6.07) is 8.71. The monoisotopic (exact) mass is 242 g/mol. The Morgan fingerprint density at radius 3 is 2.94 bits per heavy atom. The van der Waals surface area contributed by atoms with Gasteiger partial charge in [-0.25, -0.2) is 0 Å². The fourth-order valence-electron chi connectivity index (χ4n) is 2.61. The molecule has 0 amide bonds. The Morgan fingerprint density at radius 1 is 1.53 bits per heavy atom. The van der Waals surface area contributed by atoms with Crippen LogP contribution in [-0.2, 0) is 11.6 Å². The number of hydrogen-bond acceptors (Lipinski definition) is 1. The molecule has 0 aliphatic carbocycles. The zero-order valence-electron chi connectivity index (χ0n) is 10.1. The summed E-state index contributed by atoms with van der Waals surface area (Å²) in [6.45, 7) is 4.73. The lowest BCUT2D eigenvalue weighted by molar-refractivity contribution is 0.890. The smallest absolute Gasteiger partial charge is 0.0670 e. The lowest BCUT2D eigenvalue weighted by Gasteiger charge is -2.11. The standard InChI is InChI=1S/C14H15N2P/c1-14(9-17(14)2)12-5-3-4-11-10(6-7-15)8-16-13(11)12/h3-5,8,16H,6,9H2,1-2H3. The maximum Gasteiger partial charge on any atom is 0.0670 e. The van der Waals surface area contributed by atoms with Crippen molar-refractivity contribution in [3.05, 3.63) is 35.5 Å². The summed E-state index contributed by atoms with van der Waals surface area (Å²) in [5.41, 5.74) is 3.80. The van der Waals surface area contributed by atoms with Crippen LogP contribution in [0.3, 0.4) is 0 Å². The van der Waals surface area contributed by atoms with Gasteiger partial charge in [-0.05, 0) is 24.0 Å². The Hall–Kier alpha value is -1.32. The fourth-order valence-corrected chi connectivity index (χ4v) is 4.66. The van der Waals surface area contributed by atoms with E-state index in [2.05, 4.69) is 42.8 Å². The Balaban J connectivity index is 2.19. The number of aromatic amines is 1. The Morgan fingerprint density at radius 2 is 2.29 bits per heavy atom. The predicted molar refractivity (Wildman–Crippen MR) is 72.7 cm³/mol. The second-order valence-corrected chi connectivity index (χ2v) is 7.71. The van der Waals surface area contributed by atoms with Crippen molar-refractivity contribution >= 4 is 18.8 Å². The van der Waals surface area contributed by atoms with Gasteiger partial charge in [0.2, 0.25) is 0 Å². The normalized spacial score (nSPS) is 27.0. The average molecular weight is 242 g/mol. The molecule has 3 heteroatoms. The molecule has 1 fully saturated rings. The van der Waals surface area contributed by atoms with Crippen LogP contribution >= 0.6 is 7.92 Å². The first-order chi connectivity index (χ1) is 8.16. The highest BCUT2D eigenvalue weighted by atomic mass is 31.1. The van der Waals surface area contributed by atoms with Gasteiger partial charge in [0.1, 0.15) is 0 Å². The molecule has 2 heterocycles. The van der Waals surface area contributed by atoms with Crippen LogP contribution in [0.1, 0.15) is 18.1 Å². The third-order valence-electron chi connectivity index (χ3n) is 3.93. The van der Waals surface area contributed by atoms with E-state index < -0.39 is 0 Å². The van der Waals surface area contributed by atoms with E-state index in [0.717, 1.165) is 5.56 Å². The van der Waals surface area contributed by atoms with Gasteiger partial charge in [-0.15, -0.1) is 0 Å². The van der Waals surface area contributed by atoms with Crippen LogP contribution in [0, 0.1) is 11.3 Å². The van der Waals surface area contributed by atoms with Crippen molar-refractivity contribution in [2.75, 3.05) is 12.8 Å². The van der Waals surface area contributed by atoms with Crippen LogP contribution < -0.4 is 0 Å². The zero-order valence-corrected chi connectivity index (χ0v) is 11.0. The minimum absolute atomic E-state index is 0.151. The van der Waals surface area contributed by atoms with Crippen LogP contribution in [0.5, 0.6) is 0 Å². The molecule has 2 unspecified atom stereocenters. The third kappa shape index (κ3) is 1.50. The van der Waals surface area contributed by atoms with Gasteiger partial charge in [0, 0.05) is 22.3 Å². The zero-order chi connectivity index (χ0) is 12.0. The first kappa shape index (κ1) is 10.8. The summed E-state index contributed by atoms with van der Waals surface area (Å²) in [5, 5.41) is 10.4. The van der Waals surface area contributed by atoms with Gasteiger partial charge in [-0.3, -0.25) is 0 Å². The van der Waals surface area contributed by atoms with E-state index in [4.69, 9.17) is 5.26 Å². The SMILES string of the molecule is CP1CC1(C)c1cccc2c(CC#N)c[nH]c12. The molecule has 2 nitrogen and oxygen atoms in total. The van der Waals surface area contributed by atoms with Gasteiger partial charge >= 0.3 is 0 Å². The minimum atomic E-state index is 0.151. The molecule has 1 aliphatic heterocycles. The van der Waals surface area contributed by atoms with Crippen molar-refractivity contribution in [2.24, 2.45) is 0 Å². The first-order valence-corrected chi connectivity index (χ1v) is 7.82. The number of nitriles is 1. The topological polar surface area (TPSA) is 39.6 Å². The van der Waals surface area contributed by atoms with Gasteiger partial charge in [0.15, 0.2) is 0 Å². The Bertz CT molecular complexity index is 623. The lowest BCUT2D eigenvalue weighted by atomic mass is 9.99. The maximum atomic E-state index is 8.82. The average Bonchev–Trinajstić information content (AvgIpc) is 2.75. The molecule has 0 saturated carbocycles. The van der Waals surface area contributed by atoms with E-state index >= 15 is 0 Å². The molecule has 86 valence electrons. The van der Waals surface area contributed by atoms with Crippen molar-refractivity contribution < 1.29 is 0 Å². The molecule has 0 bridgehead atoms. The number of H-pyrrole nitrogens is 1. The molecule has 2 aromatic rings. The highest BCUT2D eigenvalue weighted by Crippen LogP contribution is 2.72. The Kier molecular flexibility index (Phi) is 2.28. The number of aromatic nitrogens is 1. The molecule has 1 aromatic carbocycles. The summed E-state index contributed by atoms with van der Waals surface area (Å²) in [5.74, 6) is 0. The van der Waals surface area contributed by atoms with Gasteiger partial charge in [-0.1, -0.05) is 33.0 Å². The molecular formula is C14H15N2P. The molecule has 1 N–H and O–H groups in total. The molecule has 0 spiro atoms. The van der Waals surface area contributed by atoms with Crippen molar-refractivity contribution in [1.82, 2.24) is 4.98 Å². The van der Waals surface area contributed by atoms with E-state index in [1.807, 2.05) is 6.20 Å². The van der Waals surface area contributed by atoms with Crippen molar-refractivity contribution in [3.8, 4) is 6.07 Å². The van der Waals surface area contributed by atoms with Crippen LogP contribution in [-0.4, -0.2) is 17.8 Å². The molecular weight excluding hydrogens is 227 g/mol. The van der Waals surface area contributed by atoms with Gasteiger partial charge in [0.05, 0.1) is 12.5 Å². The van der Waals surface area contributed by atoms with Crippen molar-refractivity contribution in [3.63, 3.8) is 0 Å². The summed E-state index contributed by atoms with van der Waals surface area (Å²) < 4.78 is 0. The second-order valence-electron chi connectivity index (χ2n) is 5.01. The molecule has 2 atom stereocenters. The summed E-state index contributed by atoms with van der Waals surface area (Å²) >= 11 is 0. The van der Waals surface area contributed by atoms with E-state index in [-0.39, 0.29) is 7.92 Å². The predicted octanol–water partition coefficient (Wildman–Crippen LogP) is 3.57. The Labute approximate surface area is 102 Å². The molecule has 1 aliphatic rings. The highest BCUT2D eigenvalue weighted by Gasteiger charge is 2.48. The van der Waals surface area contributed by atoms with E-state index in [1.165, 1.54) is 22.6 Å². The van der Waals surface area contributed by atoms with E-state index in [9.17, 15) is 0 Å². The number of fused-ring (bicyclic) bond motifs is 1. The largest absolute Gasteiger partial charge is 0.361 e. The fraction of sp³-hybridized carbons (Fsp3) is 0.357. The van der Waals surface area contributed by atoms with E-state index in [0.29, 0.717) is 11.6 Å². The molecule has 1 aromatic heterocycles. The summed E-state index contributed by atoms with van der Waals surface area (Å²) in [4.78, 5) is 3.37. The summed E-state index contributed by atoms with van der Waals surface area (Å²) in [6.07, 6.45) is 3.80. The van der Waals surface area contributed by atoms with Crippen LogP contribution in [0.2, 0.25) is 0 Å². The van der Waals surface area contributed by atoms with Crippen molar-refractivity contribution in [1.29, 1.82) is 5.26 Å². The van der Waals surface area contributed by atoms with Crippen molar-refractivity contribution in [2.45, 2.75) is 18.5 Å². The number of benzene rings is 1. The second kappa shape index (κ2) is 3.59. The minimum Gasteiger partial charge on any atom is -0.361 e. The molecule has 1 saturated heterocycles. The number of nitrogens with one attached hydrogen (secondary N) is 1. The number of nitrogens with zero attached hydrogens (tertiary/aromatic N) is 1. The third-order valence-corrected chi connectivity index (χ3v) is 6.74. The molecule has 0 radical (unpaired) electrons. The van der Waals surface area contributed by atoms with Gasteiger partial charge in [0.25, 0.3) is 0 Å². The lowest BCUT2D eigenvalue weighted by Crippen LogP contribution is -2.01. The van der Waals surface area contributed by atoms with Crippen LogP contribution in [0.4, 0.5) is 0 Å². The first-order valence-electron chi connectivity index (χ1n) is 5.84. The van der Waals surface area contributed by atoms with Gasteiger partial charge in [-0.2, -0.15) is 5.26 Å². The van der Waals surface area contributed by atoms with Crippen LogP contribution in [0.15, 0.2) is 24.4 Å². The number of rotatable bonds is 2. The van der Waals surface area contributed by atoms with Gasteiger partial charge < -0.3 is 4.98 Å². The molecule has 3 rings (SSSR count). The number of para-hydroxylation sites is 1. The quantitative estimate of drug-likeness (QED) is 0.803. The highest BCUT2D eigenvalue weighted by molar-refractivity contribution is 7.66.